The molecule has 0 aliphatic heterocycles. The van der Waals surface area contributed by atoms with Gasteiger partial charge in [-0.2, -0.15) is 0 Å². The Morgan fingerprint density at radius 3 is 1.02 bits per heavy atom. The van der Waals surface area contributed by atoms with Crippen LogP contribution in [0.15, 0.2) is 194 Å². The van der Waals surface area contributed by atoms with Crippen LogP contribution in [-0.4, -0.2) is 9.97 Å². The molecule has 8 aromatic rings. The predicted octanol–water partition coefficient (Wildman–Crippen LogP) is 12.1. The molecule has 0 spiro atoms. The monoisotopic (exact) mass is 612 g/mol. The molecule has 1 heterocycles. The van der Waals surface area contributed by atoms with Crippen LogP contribution in [0.3, 0.4) is 0 Å². The van der Waals surface area contributed by atoms with Crippen molar-refractivity contribution in [1.29, 1.82) is 0 Å². The Kier molecular flexibility index (Phi) is 7.96. The van der Waals surface area contributed by atoms with Gasteiger partial charge in [-0.1, -0.05) is 164 Å². The van der Waals surface area contributed by atoms with Gasteiger partial charge in [0.25, 0.3) is 0 Å². The first-order chi connectivity index (χ1) is 23.8. The second-order valence-electron chi connectivity index (χ2n) is 11.9. The quantitative estimate of drug-likeness (QED) is 0.179. The van der Waals surface area contributed by atoms with E-state index < -0.39 is 0 Å². The highest BCUT2D eigenvalue weighted by Gasteiger charge is 2.14. The number of nitrogens with zero attached hydrogens (tertiary/aromatic N) is 2. The van der Waals surface area contributed by atoms with Crippen molar-refractivity contribution in [3.8, 4) is 78.4 Å². The van der Waals surface area contributed by atoms with Gasteiger partial charge in [0.2, 0.25) is 0 Å². The van der Waals surface area contributed by atoms with E-state index in [0.717, 1.165) is 50.3 Å². The average molecular weight is 613 g/mol. The molecule has 0 amide bonds. The van der Waals surface area contributed by atoms with Crippen molar-refractivity contribution in [2.45, 2.75) is 0 Å². The molecule has 1 aromatic heterocycles. The van der Waals surface area contributed by atoms with Gasteiger partial charge in [0, 0.05) is 16.7 Å². The summed E-state index contributed by atoms with van der Waals surface area (Å²) in [6.45, 7) is 0. The molecule has 0 aliphatic carbocycles. The minimum Gasteiger partial charge on any atom is -0.228 e. The normalized spacial score (nSPS) is 10.9. The van der Waals surface area contributed by atoms with Crippen molar-refractivity contribution in [1.82, 2.24) is 9.97 Å². The maximum atomic E-state index is 5.18. The fourth-order valence-electron chi connectivity index (χ4n) is 6.17. The summed E-state index contributed by atoms with van der Waals surface area (Å²) in [6, 6.07) is 68.1. The van der Waals surface area contributed by atoms with Crippen LogP contribution in [0.4, 0.5) is 0 Å². The molecule has 48 heavy (non-hydrogen) atoms. The zero-order valence-corrected chi connectivity index (χ0v) is 26.4. The molecule has 0 saturated heterocycles. The first kappa shape index (κ1) is 29.1. The van der Waals surface area contributed by atoms with E-state index in [1.807, 2.05) is 12.1 Å². The lowest BCUT2D eigenvalue weighted by molar-refractivity contribution is 1.18. The molecule has 7 aromatic carbocycles. The Labute approximate surface area is 281 Å². The molecule has 0 aliphatic rings. The highest BCUT2D eigenvalue weighted by molar-refractivity contribution is 5.83. The van der Waals surface area contributed by atoms with Gasteiger partial charge in [-0.05, 0) is 74.8 Å². The van der Waals surface area contributed by atoms with Crippen LogP contribution in [0, 0.1) is 0 Å². The molecular formula is C46H32N2. The average Bonchev–Trinajstić information content (AvgIpc) is 3.19. The van der Waals surface area contributed by atoms with Crippen LogP contribution in [0.5, 0.6) is 0 Å². The molecule has 2 heteroatoms. The van der Waals surface area contributed by atoms with Crippen molar-refractivity contribution in [3.05, 3.63) is 194 Å². The van der Waals surface area contributed by atoms with E-state index in [1.165, 1.54) is 22.3 Å². The van der Waals surface area contributed by atoms with Crippen molar-refractivity contribution >= 4 is 0 Å². The summed E-state index contributed by atoms with van der Waals surface area (Å²) < 4.78 is 0. The summed E-state index contributed by atoms with van der Waals surface area (Å²) in [4.78, 5) is 10.4. The van der Waals surface area contributed by atoms with Gasteiger partial charge in [0.15, 0.2) is 5.82 Å². The summed E-state index contributed by atoms with van der Waals surface area (Å²) in [5.41, 5.74) is 14.1. The zero-order valence-electron chi connectivity index (χ0n) is 26.4. The van der Waals surface area contributed by atoms with Crippen LogP contribution >= 0.6 is 0 Å². The maximum absolute atomic E-state index is 5.18. The van der Waals surface area contributed by atoms with Crippen molar-refractivity contribution in [2.24, 2.45) is 0 Å². The number of benzene rings is 7. The van der Waals surface area contributed by atoms with E-state index in [1.54, 1.807) is 0 Å². The number of rotatable bonds is 7. The Morgan fingerprint density at radius 1 is 0.208 bits per heavy atom. The molecule has 0 saturated carbocycles. The molecule has 226 valence electrons. The number of hydrogen-bond donors (Lipinski definition) is 0. The third-order valence-corrected chi connectivity index (χ3v) is 8.68. The molecule has 0 N–H and O–H groups in total. The molecule has 0 atom stereocenters. The largest absolute Gasteiger partial charge is 0.228 e. The maximum Gasteiger partial charge on any atom is 0.160 e. The van der Waals surface area contributed by atoms with Gasteiger partial charge in [0.1, 0.15) is 0 Å². The standard InChI is InChI=1S/C46H32N2/c1-5-14-33(15-6-1)35-24-26-36(27-25-35)41-29-42(40-23-13-22-39(28-40)34-16-7-2-8-17-34)31-43(30-41)46-47-44(37-18-9-3-10-19-37)32-45(48-46)38-20-11-4-12-21-38/h1-32H. The first-order valence-corrected chi connectivity index (χ1v) is 16.2. The lowest BCUT2D eigenvalue weighted by atomic mass is 9.93. The van der Waals surface area contributed by atoms with Gasteiger partial charge in [-0.3, -0.25) is 0 Å². The highest BCUT2D eigenvalue weighted by atomic mass is 14.9. The molecule has 0 radical (unpaired) electrons. The van der Waals surface area contributed by atoms with Crippen LogP contribution < -0.4 is 0 Å². The fraction of sp³-hybridized carbons (Fsp3) is 0. The Hall–Kier alpha value is -6.38. The lowest BCUT2D eigenvalue weighted by Gasteiger charge is -2.14. The fourth-order valence-corrected chi connectivity index (χ4v) is 6.17. The number of hydrogen-bond acceptors (Lipinski definition) is 2. The van der Waals surface area contributed by atoms with Gasteiger partial charge in [0.05, 0.1) is 11.4 Å². The molecule has 0 fully saturated rings. The summed E-state index contributed by atoms with van der Waals surface area (Å²) in [5, 5.41) is 0. The second kappa shape index (κ2) is 13.2. The zero-order chi connectivity index (χ0) is 32.1. The van der Waals surface area contributed by atoms with Gasteiger partial charge in [-0.25, -0.2) is 9.97 Å². The van der Waals surface area contributed by atoms with E-state index in [0.29, 0.717) is 5.82 Å². The van der Waals surface area contributed by atoms with E-state index in [9.17, 15) is 0 Å². The number of aromatic nitrogens is 2. The predicted molar refractivity (Wildman–Crippen MR) is 200 cm³/mol. The first-order valence-electron chi connectivity index (χ1n) is 16.2. The van der Waals surface area contributed by atoms with Gasteiger partial charge in [-0.15, -0.1) is 0 Å². The SMILES string of the molecule is c1ccc(-c2ccc(-c3cc(-c4cccc(-c5ccccc5)c4)cc(-c4nc(-c5ccccc5)cc(-c5ccccc5)n4)c3)cc2)cc1. The molecule has 8 rings (SSSR count). The summed E-state index contributed by atoms with van der Waals surface area (Å²) in [7, 11) is 0. The Balaban J connectivity index is 1.30. The second-order valence-corrected chi connectivity index (χ2v) is 11.9. The van der Waals surface area contributed by atoms with E-state index >= 15 is 0 Å². The molecule has 0 unspecified atom stereocenters. The molecule has 2 nitrogen and oxygen atoms in total. The molecule has 0 bridgehead atoms. The lowest BCUT2D eigenvalue weighted by Crippen LogP contribution is -1.97. The Bertz CT molecular complexity index is 2240. The minimum atomic E-state index is 0.693. The van der Waals surface area contributed by atoms with E-state index in [-0.39, 0.29) is 0 Å². The summed E-state index contributed by atoms with van der Waals surface area (Å²) >= 11 is 0. The molecular weight excluding hydrogens is 581 g/mol. The van der Waals surface area contributed by atoms with Crippen LogP contribution in [-0.2, 0) is 0 Å². The summed E-state index contributed by atoms with van der Waals surface area (Å²) in [5.74, 6) is 0.693. The minimum absolute atomic E-state index is 0.693. The van der Waals surface area contributed by atoms with E-state index in [2.05, 4.69) is 182 Å². The third-order valence-electron chi connectivity index (χ3n) is 8.68. The van der Waals surface area contributed by atoms with Gasteiger partial charge < -0.3 is 0 Å². The van der Waals surface area contributed by atoms with Crippen molar-refractivity contribution < 1.29 is 0 Å². The van der Waals surface area contributed by atoms with Crippen LogP contribution in [0.25, 0.3) is 78.4 Å². The van der Waals surface area contributed by atoms with E-state index in [4.69, 9.17) is 9.97 Å². The summed E-state index contributed by atoms with van der Waals surface area (Å²) in [6.07, 6.45) is 0. The van der Waals surface area contributed by atoms with Crippen molar-refractivity contribution in [2.75, 3.05) is 0 Å². The van der Waals surface area contributed by atoms with Gasteiger partial charge >= 0.3 is 0 Å². The Morgan fingerprint density at radius 2 is 0.521 bits per heavy atom. The van der Waals surface area contributed by atoms with Crippen LogP contribution in [0.1, 0.15) is 0 Å². The van der Waals surface area contributed by atoms with Crippen molar-refractivity contribution in [3.63, 3.8) is 0 Å². The highest BCUT2D eigenvalue weighted by Crippen LogP contribution is 2.36. The van der Waals surface area contributed by atoms with Crippen LogP contribution in [0.2, 0.25) is 0 Å². The smallest absolute Gasteiger partial charge is 0.160 e. The third kappa shape index (κ3) is 6.20. The topological polar surface area (TPSA) is 25.8 Å².